The lowest BCUT2D eigenvalue weighted by atomic mass is 9.99. The van der Waals surface area contributed by atoms with Crippen LogP contribution in [-0.4, -0.2) is 30.4 Å². The lowest BCUT2D eigenvalue weighted by Crippen LogP contribution is -2.38. The number of benzene rings is 1. The summed E-state index contributed by atoms with van der Waals surface area (Å²) in [4.78, 5) is 14.1. The summed E-state index contributed by atoms with van der Waals surface area (Å²) >= 11 is 5.85. The second-order valence-corrected chi connectivity index (χ2v) is 6.41. The smallest absolute Gasteiger partial charge is 0.265 e. The van der Waals surface area contributed by atoms with Gasteiger partial charge >= 0.3 is 0 Å². The van der Waals surface area contributed by atoms with E-state index in [4.69, 9.17) is 11.6 Å². The molecule has 0 bridgehead atoms. The fraction of sp³-hybridized carbons (Fsp3) is 0.444. The molecule has 0 aromatic heterocycles. The maximum atomic E-state index is 12.3. The molecule has 0 spiro atoms. The van der Waals surface area contributed by atoms with Crippen molar-refractivity contribution in [1.82, 2.24) is 10.2 Å². The maximum absolute atomic E-state index is 12.3. The summed E-state index contributed by atoms with van der Waals surface area (Å²) in [6.07, 6.45) is 4.36. The van der Waals surface area contributed by atoms with Crippen molar-refractivity contribution in [3.8, 4) is 6.07 Å². The molecule has 1 aliphatic heterocycles. The number of nitriles is 1. The van der Waals surface area contributed by atoms with Gasteiger partial charge in [0, 0.05) is 30.9 Å². The Bertz CT molecular complexity index is 596. The van der Waals surface area contributed by atoms with Gasteiger partial charge in [0.1, 0.15) is 11.6 Å². The zero-order valence-electron chi connectivity index (χ0n) is 13.4. The molecule has 2 rings (SSSR count). The number of nitrogens with zero attached hydrogens (tertiary/aromatic N) is 2. The summed E-state index contributed by atoms with van der Waals surface area (Å²) in [5.41, 5.74) is 1.33. The molecule has 1 fully saturated rings. The van der Waals surface area contributed by atoms with Gasteiger partial charge in [0.15, 0.2) is 0 Å². The molecule has 0 aliphatic carbocycles. The van der Waals surface area contributed by atoms with E-state index in [1.54, 1.807) is 4.90 Å². The molecule has 23 heavy (non-hydrogen) atoms. The van der Waals surface area contributed by atoms with Gasteiger partial charge in [-0.2, -0.15) is 5.26 Å². The third-order valence-corrected chi connectivity index (χ3v) is 4.39. The van der Waals surface area contributed by atoms with Crippen LogP contribution >= 0.6 is 11.6 Å². The lowest BCUT2D eigenvalue weighted by Gasteiger charge is -2.30. The van der Waals surface area contributed by atoms with Gasteiger partial charge in [-0.3, -0.25) is 4.79 Å². The van der Waals surface area contributed by atoms with Crippen LogP contribution in [0, 0.1) is 17.2 Å². The minimum atomic E-state index is -0.168. The molecule has 122 valence electrons. The van der Waals surface area contributed by atoms with Crippen molar-refractivity contribution < 1.29 is 4.79 Å². The highest BCUT2D eigenvalue weighted by molar-refractivity contribution is 6.30. The molecule has 1 aromatic carbocycles. The highest BCUT2D eigenvalue weighted by Crippen LogP contribution is 2.17. The minimum Gasteiger partial charge on any atom is -0.389 e. The van der Waals surface area contributed by atoms with Crippen molar-refractivity contribution in [3.05, 3.63) is 46.6 Å². The highest BCUT2D eigenvalue weighted by Gasteiger charge is 2.22. The highest BCUT2D eigenvalue weighted by atomic mass is 35.5. The van der Waals surface area contributed by atoms with Gasteiger partial charge in [-0.05, 0) is 42.9 Å². The first kappa shape index (κ1) is 17.4. The third kappa shape index (κ3) is 5.30. The molecule has 1 N–H and O–H groups in total. The molecule has 1 aromatic rings. The van der Waals surface area contributed by atoms with Gasteiger partial charge < -0.3 is 10.2 Å². The summed E-state index contributed by atoms with van der Waals surface area (Å²) in [7, 11) is 0. The molecule has 5 heteroatoms. The van der Waals surface area contributed by atoms with E-state index in [0.29, 0.717) is 12.5 Å². The van der Waals surface area contributed by atoms with E-state index in [0.717, 1.165) is 42.9 Å². The lowest BCUT2D eigenvalue weighted by molar-refractivity contribution is -0.128. The van der Waals surface area contributed by atoms with Crippen LogP contribution in [0.1, 0.15) is 25.3 Å². The second-order valence-electron chi connectivity index (χ2n) is 5.98. The summed E-state index contributed by atoms with van der Waals surface area (Å²) < 4.78 is 0. The van der Waals surface area contributed by atoms with Gasteiger partial charge in [-0.1, -0.05) is 30.7 Å². The Morgan fingerprint density at radius 3 is 2.65 bits per heavy atom. The van der Waals surface area contributed by atoms with Crippen molar-refractivity contribution in [2.45, 2.75) is 26.2 Å². The average Bonchev–Trinajstić information content (AvgIpc) is 2.57. The largest absolute Gasteiger partial charge is 0.389 e. The number of piperidine rings is 1. The van der Waals surface area contributed by atoms with E-state index in [1.165, 1.54) is 6.20 Å². The first-order valence-electron chi connectivity index (χ1n) is 7.97. The molecule has 1 aliphatic rings. The van der Waals surface area contributed by atoms with Crippen LogP contribution in [0.3, 0.4) is 0 Å². The molecule has 0 saturated carbocycles. The number of hydrogen-bond donors (Lipinski definition) is 1. The normalized spacial score (nSPS) is 16.0. The molecule has 0 unspecified atom stereocenters. The Balaban J connectivity index is 1.83. The average molecular weight is 332 g/mol. The quantitative estimate of drug-likeness (QED) is 0.512. The van der Waals surface area contributed by atoms with Crippen molar-refractivity contribution in [2.24, 2.45) is 5.92 Å². The predicted octanol–water partition coefficient (Wildman–Crippen LogP) is 3.14. The molecular formula is C18H22ClN3O. The monoisotopic (exact) mass is 331 g/mol. The molecule has 1 saturated heterocycles. The Hall–Kier alpha value is -1.99. The molecule has 1 heterocycles. The number of nitrogens with one attached hydrogen (secondary N) is 1. The molecular weight excluding hydrogens is 310 g/mol. The van der Waals surface area contributed by atoms with Gasteiger partial charge in [-0.15, -0.1) is 0 Å². The second kappa shape index (κ2) is 8.59. The van der Waals surface area contributed by atoms with Crippen molar-refractivity contribution in [1.29, 1.82) is 5.26 Å². The number of halogens is 1. The van der Waals surface area contributed by atoms with E-state index in [-0.39, 0.29) is 11.5 Å². The van der Waals surface area contributed by atoms with Crippen LogP contribution in [0.15, 0.2) is 36.0 Å². The summed E-state index contributed by atoms with van der Waals surface area (Å²) in [5.74, 6) is 0.490. The van der Waals surface area contributed by atoms with E-state index in [2.05, 4.69) is 12.2 Å². The van der Waals surface area contributed by atoms with Gasteiger partial charge in [-0.25, -0.2) is 0 Å². The first-order valence-corrected chi connectivity index (χ1v) is 8.35. The van der Waals surface area contributed by atoms with Crippen molar-refractivity contribution in [3.63, 3.8) is 0 Å². The number of carbonyl (C=O) groups excluding carboxylic acids is 1. The van der Waals surface area contributed by atoms with E-state index in [9.17, 15) is 10.1 Å². The van der Waals surface area contributed by atoms with Crippen LogP contribution in [0.25, 0.3) is 0 Å². The third-order valence-electron chi connectivity index (χ3n) is 4.14. The maximum Gasteiger partial charge on any atom is 0.265 e. The molecule has 1 amide bonds. The Morgan fingerprint density at radius 2 is 2.04 bits per heavy atom. The molecule has 0 atom stereocenters. The fourth-order valence-corrected chi connectivity index (χ4v) is 2.69. The van der Waals surface area contributed by atoms with Gasteiger partial charge in [0.05, 0.1) is 0 Å². The Labute approximate surface area is 142 Å². The topological polar surface area (TPSA) is 56.1 Å². The fourth-order valence-electron chi connectivity index (χ4n) is 2.57. The van der Waals surface area contributed by atoms with Crippen LogP contribution in [0.4, 0.5) is 0 Å². The minimum absolute atomic E-state index is 0.168. The van der Waals surface area contributed by atoms with Crippen LogP contribution in [0.2, 0.25) is 5.02 Å². The van der Waals surface area contributed by atoms with Gasteiger partial charge in [0.25, 0.3) is 5.91 Å². The zero-order chi connectivity index (χ0) is 16.7. The van der Waals surface area contributed by atoms with Crippen molar-refractivity contribution in [2.75, 3.05) is 19.6 Å². The van der Waals surface area contributed by atoms with Crippen molar-refractivity contribution >= 4 is 17.5 Å². The number of carbonyl (C=O) groups is 1. The van der Waals surface area contributed by atoms with E-state index in [1.807, 2.05) is 30.3 Å². The van der Waals surface area contributed by atoms with Crippen LogP contribution < -0.4 is 5.32 Å². The zero-order valence-corrected chi connectivity index (χ0v) is 14.1. The molecule has 4 nitrogen and oxygen atoms in total. The van der Waals surface area contributed by atoms with E-state index >= 15 is 0 Å². The van der Waals surface area contributed by atoms with Crippen LogP contribution in [0.5, 0.6) is 0 Å². The summed E-state index contributed by atoms with van der Waals surface area (Å²) in [6, 6.07) is 9.66. The Morgan fingerprint density at radius 1 is 1.39 bits per heavy atom. The number of likely N-dealkylation sites (tertiary alicyclic amines) is 1. The molecule has 0 radical (unpaired) electrons. The predicted molar refractivity (Wildman–Crippen MR) is 91.8 cm³/mol. The number of hydrogen-bond acceptors (Lipinski definition) is 3. The number of rotatable bonds is 5. The Kier molecular flexibility index (Phi) is 6.49. The first-order chi connectivity index (χ1) is 11.1. The summed E-state index contributed by atoms with van der Waals surface area (Å²) in [6.45, 7) is 4.34. The SMILES string of the molecule is CC1CCN(C(=O)/C(C#N)=C\NCCc2ccc(Cl)cc2)CC1. The number of amides is 1. The van der Waals surface area contributed by atoms with Gasteiger partial charge in [0.2, 0.25) is 0 Å². The standard InChI is InChI=1S/C18H22ClN3O/c1-14-7-10-22(11-8-14)18(23)16(12-20)13-21-9-6-15-2-4-17(19)5-3-15/h2-5,13-14,21H,6-11H2,1H3/b16-13-. The summed E-state index contributed by atoms with van der Waals surface area (Å²) in [5, 5.41) is 13.0. The van der Waals surface area contributed by atoms with Crippen LogP contribution in [-0.2, 0) is 11.2 Å². The van der Waals surface area contributed by atoms with E-state index < -0.39 is 0 Å².